The third kappa shape index (κ3) is 4.93. The number of para-hydroxylation sites is 1. The number of thiophene rings is 1. The van der Waals surface area contributed by atoms with Crippen molar-refractivity contribution in [3.05, 3.63) is 75.4 Å². The van der Waals surface area contributed by atoms with E-state index >= 15 is 0 Å². The number of carbonyl (C=O) groups is 1. The molecule has 4 rings (SSSR count). The smallest absolute Gasteiger partial charge is 0.387 e. The Balaban J connectivity index is 1.54. The molecule has 0 aliphatic carbocycles. The molecule has 2 aromatic heterocycles. The second-order valence-electron chi connectivity index (χ2n) is 6.37. The summed E-state index contributed by atoms with van der Waals surface area (Å²) >= 11 is 8.37. The molecule has 0 spiro atoms. The van der Waals surface area contributed by atoms with Crippen LogP contribution >= 0.6 is 34.7 Å². The average molecular weight is 494 g/mol. The van der Waals surface area contributed by atoms with Crippen LogP contribution in [0.25, 0.3) is 15.9 Å². The van der Waals surface area contributed by atoms with Gasteiger partial charge in [0.05, 0.1) is 21.8 Å². The summed E-state index contributed by atoms with van der Waals surface area (Å²) in [6.07, 6.45) is 0. The van der Waals surface area contributed by atoms with Gasteiger partial charge in [-0.05, 0) is 41.8 Å². The molecular weight excluding hydrogens is 480 g/mol. The maximum absolute atomic E-state index is 13.0. The normalized spacial score (nSPS) is 11.1. The first-order chi connectivity index (χ1) is 15.4. The van der Waals surface area contributed by atoms with Crippen LogP contribution in [-0.2, 0) is 4.79 Å². The van der Waals surface area contributed by atoms with Gasteiger partial charge in [0.2, 0.25) is 5.91 Å². The summed E-state index contributed by atoms with van der Waals surface area (Å²) in [6.45, 7) is -3.00. The van der Waals surface area contributed by atoms with E-state index in [1.54, 1.807) is 23.6 Å². The molecule has 4 aromatic rings. The molecule has 2 aromatic carbocycles. The van der Waals surface area contributed by atoms with Crippen LogP contribution < -0.4 is 15.6 Å². The summed E-state index contributed by atoms with van der Waals surface area (Å²) in [6, 6.07) is 14.7. The van der Waals surface area contributed by atoms with Crippen molar-refractivity contribution in [3.8, 4) is 11.4 Å². The molecule has 11 heteroatoms. The third-order valence-corrected chi connectivity index (χ3v) is 6.29. The Bertz CT molecular complexity index is 1330. The number of halogens is 3. The van der Waals surface area contributed by atoms with E-state index in [9.17, 15) is 18.4 Å². The van der Waals surface area contributed by atoms with Gasteiger partial charge in [0, 0.05) is 5.69 Å². The Morgan fingerprint density at radius 1 is 1.22 bits per heavy atom. The molecular formula is C21H14ClF2N3O3S2. The van der Waals surface area contributed by atoms with E-state index in [0.717, 1.165) is 11.8 Å². The van der Waals surface area contributed by atoms with Crippen LogP contribution in [-0.4, -0.2) is 27.8 Å². The monoisotopic (exact) mass is 493 g/mol. The van der Waals surface area contributed by atoms with Gasteiger partial charge < -0.3 is 10.1 Å². The fraction of sp³-hybridized carbons (Fsp3) is 0.0952. The number of carbonyl (C=O) groups excluding carboxylic acids is 1. The minimum absolute atomic E-state index is 0.0386. The second kappa shape index (κ2) is 9.68. The molecule has 1 N–H and O–H groups in total. The molecule has 1 amide bonds. The average Bonchev–Trinajstić information content (AvgIpc) is 3.24. The molecule has 0 aliphatic heterocycles. The first-order valence-corrected chi connectivity index (χ1v) is 11.4. The number of amides is 1. The fourth-order valence-corrected chi connectivity index (χ4v) is 4.74. The van der Waals surface area contributed by atoms with E-state index in [4.69, 9.17) is 11.6 Å². The number of aromatic nitrogens is 2. The third-order valence-electron chi connectivity index (χ3n) is 4.25. The number of thioether (sulfide) groups is 1. The van der Waals surface area contributed by atoms with E-state index in [1.165, 1.54) is 34.1 Å². The topological polar surface area (TPSA) is 73.2 Å². The highest BCUT2D eigenvalue weighted by molar-refractivity contribution is 7.99. The lowest BCUT2D eigenvalue weighted by Crippen LogP contribution is -2.22. The molecule has 0 fully saturated rings. The van der Waals surface area contributed by atoms with Crippen molar-refractivity contribution in [2.75, 3.05) is 11.1 Å². The number of nitrogens with one attached hydrogen (secondary N) is 1. The van der Waals surface area contributed by atoms with E-state index in [2.05, 4.69) is 15.0 Å². The Morgan fingerprint density at radius 2 is 2.00 bits per heavy atom. The molecule has 0 bridgehead atoms. The minimum atomic E-state index is -3.00. The number of fused-ring (bicyclic) bond motifs is 1. The summed E-state index contributed by atoms with van der Waals surface area (Å²) in [7, 11) is 0. The maximum atomic E-state index is 13.0. The molecule has 32 heavy (non-hydrogen) atoms. The highest BCUT2D eigenvalue weighted by Gasteiger charge is 2.16. The first kappa shape index (κ1) is 22.3. The Hall–Kier alpha value is -2.95. The van der Waals surface area contributed by atoms with Gasteiger partial charge in [0.1, 0.15) is 10.6 Å². The van der Waals surface area contributed by atoms with Crippen molar-refractivity contribution in [2.45, 2.75) is 11.8 Å². The van der Waals surface area contributed by atoms with Gasteiger partial charge in [0.25, 0.3) is 5.56 Å². The second-order valence-corrected chi connectivity index (χ2v) is 8.61. The van der Waals surface area contributed by atoms with Gasteiger partial charge in [-0.3, -0.25) is 14.2 Å². The van der Waals surface area contributed by atoms with Crippen molar-refractivity contribution in [2.24, 2.45) is 0 Å². The van der Waals surface area contributed by atoms with E-state index in [0.29, 0.717) is 26.7 Å². The Morgan fingerprint density at radius 3 is 2.72 bits per heavy atom. The lowest BCUT2D eigenvalue weighted by molar-refractivity contribution is -0.113. The van der Waals surface area contributed by atoms with E-state index < -0.39 is 6.61 Å². The predicted octanol–water partition coefficient (Wildman–Crippen LogP) is 5.43. The van der Waals surface area contributed by atoms with Crippen LogP contribution in [0.4, 0.5) is 14.5 Å². The van der Waals surface area contributed by atoms with Crippen molar-refractivity contribution in [3.63, 3.8) is 0 Å². The van der Waals surface area contributed by atoms with Crippen LogP contribution in [0.15, 0.2) is 69.9 Å². The zero-order valence-electron chi connectivity index (χ0n) is 16.1. The van der Waals surface area contributed by atoms with Gasteiger partial charge in [-0.1, -0.05) is 41.6 Å². The van der Waals surface area contributed by atoms with Gasteiger partial charge >= 0.3 is 6.61 Å². The number of ether oxygens (including phenoxy) is 1. The van der Waals surface area contributed by atoms with Crippen molar-refractivity contribution < 1.29 is 18.3 Å². The summed E-state index contributed by atoms with van der Waals surface area (Å²) in [5, 5.41) is 5.26. The number of nitrogens with zero attached hydrogens (tertiary/aromatic N) is 2. The zero-order valence-corrected chi connectivity index (χ0v) is 18.5. The van der Waals surface area contributed by atoms with Gasteiger partial charge in [-0.25, -0.2) is 4.98 Å². The molecule has 0 saturated heterocycles. The SMILES string of the molecule is O=C(CSc1nc2sccc2c(=O)n1-c1ccccc1)Nc1ccc(OC(F)F)c(Cl)c1. The number of anilines is 1. The quantitative estimate of drug-likeness (QED) is 0.274. The predicted molar refractivity (Wildman–Crippen MR) is 123 cm³/mol. The lowest BCUT2D eigenvalue weighted by atomic mass is 10.3. The lowest BCUT2D eigenvalue weighted by Gasteiger charge is -2.12. The zero-order chi connectivity index (χ0) is 22.7. The number of rotatable bonds is 7. The van der Waals surface area contributed by atoms with Gasteiger partial charge in [-0.2, -0.15) is 8.78 Å². The van der Waals surface area contributed by atoms with Crippen molar-refractivity contribution >= 4 is 56.5 Å². The van der Waals surface area contributed by atoms with Crippen LogP contribution in [0, 0.1) is 0 Å². The van der Waals surface area contributed by atoms with Crippen molar-refractivity contribution in [1.29, 1.82) is 0 Å². The van der Waals surface area contributed by atoms with Crippen LogP contribution in [0.2, 0.25) is 5.02 Å². The Kier molecular flexibility index (Phi) is 6.73. The molecule has 0 saturated carbocycles. The molecule has 0 unspecified atom stereocenters. The minimum Gasteiger partial charge on any atom is -0.433 e. The summed E-state index contributed by atoms with van der Waals surface area (Å²) in [5.74, 6) is -0.605. The summed E-state index contributed by atoms with van der Waals surface area (Å²) in [4.78, 5) is 30.6. The molecule has 0 radical (unpaired) electrons. The Labute approximate surface area is 193 Å². The standard InChI is InChI=1S/C21H14ClF2N3O3S2/c22-15-10-12(6-7-16(15)30-20(23)24)25-17(28)11-32-21-26-18-14(8-9-31-18)19(29)27(21)13-4-2-1-3-5-13/h1-10,20H,11H2,(H,25,28). The number of hydrogen-bond donors (Lipinski definition) is 1. The number of hydrogen-bond acceptors (Lipinski definition) is 6. The van der Waals surface area contributed by atoms with E-state index in [1.807, 2.05) is 18.2 Å². The van der Waals surface area contributed by atoms with Crippen molar-refractivity contribution in [1.82, 2.24) is 9.55 Å². The summed E-state index contributed by atoms with van der Waals surface area (Å²) in [5.41, 5.74) is 0.749. The molecule has 164 valence electrons. The van der Waals surface area contributed by atoms with Gasteiger partial charge in [0.15, 0.2) is 5.16 Å². The number of alkyl halides is 2. The molecule has 2 heterocycles. The molecule has 0 aliphatic rings. The first-order valence-electron chi connectivity index (χ1n) is 9.15. The maximum Gasteiger partial charge on any atom is 0.387 e. The summed E-state index contributed by atoms with van der Waals surface area (Å²) < 4.78 is 30.5. The van der Waals surface area contributed by atoms with E-state index in [-0.39, 0.29) is 28.0 Å². The molecule has 6 nitrogen and oxygen atoms in total. The number of benzene rings is 2. The van der Waals surface area contributed by atoms with Crippen LogP contribution in [0.1, 0.15) is 0 Å². The largest absolute Gasteiger partial charge is 0.433 e. The van der Waals surface area contributed by atoms with Crippen LogP contribution in [0.3, 0.4) is 0 Å². The molecule has 0 atom stereocenters. The highest BCUT2D eigenvalue weighted by atomic mass is 35.5. The highest BCUT2D eigenvalue weighted by Crippen LogP contribution is 2.29. The fourth-order valence-electron chi connectivity index (χ4n) is 2.89. The van der Waals surface area contributed by atoms with Crippen LogP contribution in [0.5, 0.6) is 5.75 Å². The van der Waals surface area contributed by atoms with Gasteiger partial charge in [-0.15, -0.1) is 11.3 Å².